The van der Waals surface area contributed by atoms with E-state index in [2.05, 4.69) is 6.07 Å². The fraction of sp³-hybridized carbons (Fsp3) is 0.238. The van der Waals surface area contributed by atoms with E-state index in [-0.39, 0.29) is 5.91 Å². The van der Waals surface area contributed by atoms with Gasteiger partial charge in [-0.3, -0.25) is 4.79 Å². The van der Waals surface area contributed by atoms with Gasteiger partial charge in [0, 0.05) is 23.1 Å². The number of aromatic nitrogens is 1. The number of carbonyl (C=O) groups is 1. The molecule has 2 N–H and O–H groups in total. The fourth-order valence-corrected chi connectivity index (χ4v) is 3.63. The summed E-state index contributed by atoms with van der Waals surface area (Å²) >= 11 is 0. The Hall–Kier alpha value is -3.08. The molecule has 0 bridgehead atoms. The second-order valence-corrected chi connectivity index (χ2v) is 6.57. The monoisotopic (exact) mass is 347 g/mol. The molecule has 0 atom stereocenters. The number of nitrogens with two attached hydrogens (primary N) is 1. The van der Waals surface area contributed by atoms with E-state index in [0.717, 1.165) is 39.0 Å². The van der Waals surface area contributed by atoms with Gasteiger partial charge >= 0.3 is 0 Å². The number of ether oxygens (including phenoxy) is 1. The van der Waals surface area contributed by atoms with Crippen molar-refractivity contribution in [2.75, 3.05) is 19.4 Å². The molecule has 1 aromatic heterocycles. The van der Waals surface area contributed by atoms with Crippen LogP contribution in [0.15, 0.2) is 36.4 Å². The van der Waals surface area contributed by atoms with Gasteiger partial charge in [0.05, 0.1) is 36.1 Å². The van der Waals surface area contributed by atoms with Crippen molar-refractivity contribution in [1.29, 1.82) is 0 Å². The highest BCUT2D eigenvalue weighted by atomic mass is 16.5. The molecule has 132 valence electrons. The Labute approximate surface area is 152 Å². The number of methoxy groups -OCH3 is 1. The van der Waals surface area contributed by atoms with Crippen molar-refractivity contribution in [1.82, 2.24) is 9.88 Å². The summed E-state index contributed by atoms with van der Waals surface area (Å²) in [5.41, 5.74) is 12.1. The third kappa shape index (κ3) is 2.31. The second kappa shape index (κ2) is 6.02. The van der Waals surface area contributed by atoms with E-state index in [4.69, 9.17) is 15.5 Å². The molecule has 2 aromatic carbocycles. The lowest BCUT2D eigenvalue weighted by molar-refractivity contribution is 0.0787. The smallest absolute Gasteiger partial charge is 0.258 e. The number of aryl methyl sites for hydroxylation is 1. The van der Waals surface area contributed by atoms with Crippen molar-refractivity contribution in [3.63, 3.8) is 0 Å². The van der Waals surface area contributed by atoms with Gasteiger partial charge in [-0.25, -0.2) is 4.98 Å². The summed E-state index contributed by atoms with van der Waals surface area (Å²) in [6.45, 7) is 5.15. The lowest BCUT2D eigenvalue weighted by atomic mass is 9.97. The van der Waals surface area contributed by atoms with E-state index in [1.54, 1.807) is 12.0 Å². The Kier molecular flexibility index (Phi) is 3.80. The van der Waals surface area contributed by atoms with Crippen molar-refractivity contribution in [3.8, 4) is 16.9 Å². The van der Waals surface area contributed by atoms with Gasteiger partial charge in [0.1, 0.15) is 5.75 Å². The lowest BCUT2D eigenvalue weighted by Crippen LogP contribution is -2.23. The second-order valence-electron chi connectivity index (χ2n) is 6.57. The fourth-order valence-electron chi connectivity index (χ4n) is 3.63. The molecular formula is C21H21N3O2. The summed E-state index contributed by atoms with van der Waals surface area (Å²) in [7, 11) is 1.66. The van der Waals surface area contributed by atoms with E-state index in [9.17, 15) is 4.79 Å². The molecule has 4 rings (SSSR count). The minimum Gasteiger partial charge on any atom is -0.496 e. The highest BCUT2D eigenvalue weighted by Gasteiger charge is 2.31. The molecule has 0 saturated heterocycles. The number of carbonyl (C=O) groups excluding carboxylic acids is 1. The van der Waals surface area contributed by atoms with Crippen molar-refractivity contribution >= 4 is 22.5 Å². The summed E-state index contributed by atoms with van der Waals surface area (Å²) < 4.78 is 5.56. The molecule has 2 heterocycles. The summed E-state index contributed by atoms with van der Waals surface area (Å²) in [6.07, 6.45) is 0. The first-order valence-corrected chi connectivity index (χ1v) is 8.70. The van der Waals surface area contributed by atoms with Gasteiger partial charge in [0.2, 0.25) is 0 Å². The number of pyridine rings is 1. The Morgan fingerprint density at radius 1 is 1.23 bits per heavy atom. The van der Waals surface area contributed by atoms with Gasteiger partial charge in [-0.15, -0.1) is 0 Å². The van der Waals surface area contributed by atoms with Crippen LogP contribution in [-0.4, -0.2) is 29.4 Å². The lowest BCUT2D eigenvalue weighted by Gasteiger charge is -2.14. The third-order valence-electron chi connectivity index (χ3n) is 5.00. The van der Waals surface area contributed by atoms with Crippen molar-refractivity contribution < 1.29 is 9.53 Å². The number of nitrogen functional groups attached to an aromatic ring is 1. The van der Waals surface area contributed by atoms with Crippen LogP contribution in [0.3, 0.4) is 0 Å². The highest BCUT2D eigenvalue weighted by Crippen LogP contribution is 2.39. The Morgan fingerprint density at radius 2 is 2.04 bits per heavy atom. The molecule has 1 aliphatic heterocycles. The van der Waals surface area contributed by atoms with Crippen LogP contribution in [0.25, 0.3) is 22.0 Å². The Bertz CT molecular complexity index is 1040. The van der Waals surface area contributed by atoms with Crippen LogP contribution in [-0.2, 0) is 6.54 Å². The number of anilines is 1. The average molecular weight is 347 g/mol. The predicted molar refractivity (Wildman–Crippen MR) is 103 cm³/mol. The molecule has 26 heavy (non-hydrogen) atoms. The zero-order chi connectivity index (χ0) is 18.4. The molecule has 0 aliphatic carbocycles. The number of benzene rings is 2. The largest absolute Gasteiger partial charge is 0.496 e. The number of para-hydroxylation sites is 1. The molecule has 3 aromatic rings. The van der Waals surface area contributed by atoms with Crippen molar-refractivity contribution in [2.24, 2.45) is 0 Å². The van der Waals surface area contributed by atoms with Crippen molar-refractivity contribution in [2.45, 2.75) is 20.4 Å². The van der Waals surface area contributed by atoms with Gasteiger partial charge in [-0.2, -0.15) is 0 Å². The molecule has 0 fully saturated rings. The maximum atomic E-state index is 12.6. The van der Waals surface area contributed by atoms with Crippen LogP contribution in [0.2, 0.25) is 0 Å². The maximum Gasteiger partial charge on any atom is 0.258 e. The van der Waals surface area contributed by atoms with Crippen LogP contribution in [0, 0.1) is 6.92 Å². The van der Waals surface area contributed by atoms with Crippen LogP contribution in [0.5, 0.6) is 5.75 Å². The summed E-state index contributed by atoms with van der Waals surface area (Å²) in [6, 6.07) is 12.0. The molecule has 5 heteroatoms. The van der Waals surface area contributed by atoms with E-state index in [1.807, 2.05) is 44.2 Å². The van der Waals surface area contributed by atoms with Gasteiger partial charge in [-0.05, 0) is 26.0 Å². The first kappa shape index (κ1) is 16.4. The topological polar surface area (TPSA) is 68.5 Å². The SMILES string of the molecule is CCN1Cc2nc3c(-c4cc(C)ccc4OC)cccc3c(N)c2C1=O. The minimum atomic E-state index is -0.0343. The number of fused-ring (bicyclic) bond motifs is 2. The van der Waals surface area contributed by atoms with E-state index >= 15 is 0 Å². The third-order valence-corrected chi connectivity index (χ3v) is 5.00. The van der Waals surface area contributed by atoms with Crippen LogP contribution in [0.1, 0.15) is 28.5 Å². The summed E-state index contributed by atoms with van der Waals surface area (Å²) in [4.78, 5) is 19.2. The zero-order valence-corrected chi connectivity index (χ0v) is 15.2. The molecule has 0 spiro atoms. The number of nitrogens with zero attached hydrogens (tertiary/aromatic N) is 2. The first-order chi connectivity index (χ1) is 12.5. The number of rotatable bonds is 3. The van der Waals surface area contributed by atoms with Gasteiger partial charge in [0.25, 0.3) is 5.91 Å². The van der Waals surface area contributed by atoms with Crippen LogP contribution < -0.4 is 10.5 Å². The molecule has 0 unspecified atom stereocenters. The van der Waals surface area contributed by atoms with Gasteiger partial charge in [-0.1, -0.05) is 29.8 Å². The Balaban J connectivity index is 2.02. The average Bonchev–Trinajstić information content (AvgIpc) is 2.97. The summed E-state index contributed by atoms with van der Waals surface area (Å²) in [5, 5.41) is 0.802. The van der Waals surface area contributed by atoms with Gasteiger partial charge < -0.3 is 15.4 Å². The van der Waals surface area contributed by atoms with E-state index < -0.39 is 0 Å². The molecule has 0 saturated carbocycles. The van der Waals surface area contributed by atoms with Crippen LogP contribution in [0.4, 0.5) is 5.69 Å². The first-order valence-electron chi connectivity index (χ1n) is 8.70. The molecule has 1 amide bonds. The molecular weight excluding hydrogens is 326 g/mol. The molecule has 5 nitrogen and oxygen atoms in total. The predicted octanol–water partition coefficient (Wildman–Crippen LogP) is 3.78. The van der Waals surface area contributed by atoms with E-state index in [0.29, 0.717) is 24.3 Å². The standard InChI is InChI=1S/C21H21N3O2/c1-4-24-11-16-18(21(24)25)19(22)14-7-5-6-13(20(14)23-16)15-10-12(2)8-9-17(15)26-3/h5-10H,4,11H2,1-3H3,(H2,22,23). The number of hydrogen-bond donors (Lipinski definition) is 1. The van der Waals surface area contributed by atoms with E-state index in [1.165, 1.54) is 0 Å². The molecule has 0 radical (unpaired) electrons. The zero-order valence-electron chi connectivity index (χ0n) is 15.2. The van der Waals surface area contributed by atoms with Crippen molar-refractivity contribution in [3.05, 3.63) is 53.2 Å². The number of hydrogen-bond acceptors (Lipinski definition) is 4. The minimum absolute atomic E-state index is 0.0343. The molecule has 1 aliphatic rings. The normalized spacial score (nSPS) is 13.3. The van der Waals surface area contributed by atoms with Gasteiger partial charge in [0.15, 0.2) is 0 Å². The summed E-state index contributed by atoms with van der Waals surface area (Å²) in [5.74, 6) is 0.753. The highest BCUT2D eigenvalue weighted by molar-refractivity contribution is 6.11. The maximum absolute atomic E-state index is 12.6. The quantitative estimate of drug-likeness (QED) is 0.783. The number of amides is 1. The Morgan fingerprint density at radius 3 is 2.77 bits per heavy atom. The van der Waals surface area contributed by atoms with Crippen LogP contribution >= 0.6 is 0 Å².